The number of esters is 1. The lowest BCUT2D eigenvalue weighted by molar-refractivity contribution is -0.143. The Labute approximate surface area is 95.3 Å². The number of ether oxygens (including phenoxy) is 1. The lowest BCUT2D eigenvalue weighted by Crippen LogP contribution is -2.51. The summed E-state index contributed by atoms with van der Waals surface area (Å²) in [5.41, 5.74) is 0. The topological polar surface area (TPSA) is 67.4 Å². The third-order valence-electron chi connectivity index (χ3n) is 2.09. The smallest absolute Gasteiger partial charge is 0.307 e. The Morgan fingerprint density at radius 2 is 2.13 bits per heavy atom. The Kier molecular flexibility index (Phi) is 7.07. The van der Waals surface area contributed by atoms with E-state index in [0.29, 0.717) is 13.2 Å². The molecular weight excluding hydrogens is 220 g/mol. The van der Waals surface area contributed by atoms with Gasteiger partial charge in [-0.05, 0) is 6.92 Å². The van der Waals surface area contributed by atoms with Crippen molar-refractivity contribution >= 4 is 24.3 Å². The Morgan fingerprint density at radius 3 is 2.60 bits per heavy atom. The van der Waals surface area contributed by atoms with E-state index in [1.54, 1.807) is 6.92 Å². The van der Waals surface area contributed by atoms with Gasteiger partial charge in [0.1, 0.15) is 0 Å². The fourth-order valence-corrected chi connectivity index (χ4v) is 1.14. The van der Waals surface area contributed by atoms with E-state index in [0.717, 1.165) is 13.1 Å². The highest BCUT2D eigenvalue weighted by Gasteiger charge is 2.24. The van der Waals surface area contributed by atoms with E-state index < -0.39 is 0 Å². The summed E-state index contributed by atoms with van der Waals surface area (Å²) in [6, 6.07) is 0. The average Bonchev–Trinajstić information content (AvgIpc) is 2.01. The van der Waals surface area contributed by atoms with Crippen LogP contribution in [0, 0.1) is 5.92 Å². The van der Waals surface area contributed by atoms with Gasteiger partial charge in [0.05, 0.1) is 18.9 Å². The van der Waals surface area contributed by atoms with Crippen LogP contribution in [0.3, 0.4) is 0 Å². The van der Waals surface area contributed by atoms with Crippen molar-refractivity contribution in [1.29, 1.82) is 0 Å². The van der Waals surface area contributed by atoms with Gasteiger partial charge in [0.25, 0.3) is 0 Å². The van der Waals surface area contributed by atoms with Crippen LogP contribution in [0.15, 0.2) is 0 Å². The van der Waals surface area contributed by atoms with Gasteiger partial charge in [-0.15, -0.1) is 12.4 Å². The summed E-state index contributed by atoms with van der Waals surface area (Å²) in [6.07, 6.45) is 0.250. The molecule has 6 heteroatoms. The maximum absolute atomic E-state index is 11.3. The molecule has 1 aliphatic heterocycles. The van der Waals surface area contributed by atoms with Gasteiger partial charge < -0.3 is 15.4 Å². The van der Waals surface area contributed by atoms with Gasteiger partial charge in [-0.1, -0.05) is 0 Å². The molecule has 5 nitrogen and oxygen atoms in total. The molecule has 1 saturated heterocycles. The molecule has 0 radical (unpaired) electrons. The van der Waals surface area contributed by atoms with Crippen LogP contribution in [-0.2, 0) is 14.3 Å². The van der Waals surface area contributed by atoms with Crippen LogP contribution in [0.1, 0.15) is 13.3 Å². The first-order valence-electron chi connectivity index (χ1n) is 4.88. The van der Waals surface area contributed by atoms with Crippen LogP contribution < -0.4 is 10.6 Å². The molecular formula is C9H17ClN2O3. The van der Waals surface area contributed by atoms with E-state index in [9.17, 15) is 9.59 Å². The molecule has 2 N–H and O–H groups in total. The highest BCUT2D eigenvalue weighted by molar-refractivity contribution is 5.85. The zero-order valence-electron chi connectivity index (χ0n) is 8.75. The van der Waals surface area contributed by atoms with Gasteiger partial charge in [-0.2, -0.15) is 0 Å². The van der Waals surface area contributed by atoms with E-state index in [1.165, 1.54) is 0 Å². The van der Waals surface area contributed by atoms with Crippen molar-refractivity contribution in [3.05, 3.63) is 0 Å². The SMILES string of the molecule is CCOC(=O)CCNC(=O)C1CNC1.Cl. The van der Waals surface area contributed by atoms with Crippen molar-refractivity contribution in [1.82, 2.24) is 10.6 Å². The number of carbonyl (C=O) groups is 2. The van der Waals surface area contributed by atoms with Gasteiger partial charge in [-0.25, -0.2) is 0 Å². The van der Waals surface area contributed by atoms with Crippen LogP contribution in [0.4, 0.5) is 0 Å². The molecule has 0 aromatic heterocycles. The van der Waals surface area contributed by atoms with Crippen molar-refractivity contribution in [3.8, 4) is 0 Å². The minimum Gasteiger partial charge on any atom is -0.466 e. The molecule has 1 rings (SSSR count). The number of rotatable bonds is 5. The quantitative estimate of drug-likeness (QED) is 0.643. The summed E-state index contributed by atoms with van der Waals surface area (Å²) in [6.45, 7) is 4.00. The van der Waals surface area contributed by atoms with Crippen LogP contribution in [0.25, 0.3) is 0 Å². The van der Waals surface area contributed by atoms with Crippen LogP contribution >= 0.6 is 12.4 Å². The second kappa shape index (κ2) is 7.48. The fourth-order valence-electron chi connectivity index (χ4n) is 1.14. The Hall–Kier alpha value is -0.810. The zero-order valence-corrected chi connectivity index (χ0v) is 9.56. The molecule has 1 amide bonds. The Bertz CT molecular complexity index is 219. The summed E-state index contributed by atoms with van der Waals surface area (Å²) < 4.78 is 4.72. The van der Waals surface area contributed by atoms with Crippen LogP contribution in [0.5, 0.6) is 0 Å². The summed E-state index contributed by atoms with van der Waals surface area (Å²) in [5, 5.41) is 5.70. The molecule has 0 bridgehead atoms. The number of amides is 1. The van der Waals surface area contributed by atoms with E-state index in [2.05, 4.69) is 10.6 Å². The van der Waals surface area contributed by atoms with E-state index >= 15 is 0 Å². The monoisotopic (exact) mass is 236 g/mol. The molecule has 0 saturated carbocycles. The third-order valence-corrected chi connectivity index (χ3v) is 2.09. The van der Waals surface area contributed by atoms with Crippen molar-refractivity contribution < 1.29 is 14.3 Å². The largest absolute Gasteiger partial charge is 0.466 e. The standard InChI is InChI=1S/C9H16N2O3.ClH/c1-2-14-8(12)3-4-11-9(13)7-5-10-6-7;/h7,10H,2-6H2,1H3,(H,11,13);1H. The summed E-state index contributed by atoms with van der Waals surface area (Å²) >= 11 is 0. The number of carbonyl (C=O) groups excluding carboxylic acids is 2. The van der Waals surface area contributed by atoms with Crippen LogP contribution in [0.2, 0.25) is 0 Å². The van der Waals surface area contributed by atoms with Gasteiger partial charge in [0.2, 0.25) is 5.91 Å². The highest BCUT2D eigenvalue weighted by Crippen LogP contribution is 2.01. The lowest BCUT2D eigenvalue weighted by Gasteiger charge is -2.25. The number of halogens is 1. The minimum atomic E-state index is -0.264. The molecule has 1 aliphatic rings. The molecule has 0 unspecified atom stereocenters. The lowest BCUT2D eigenvalue weighted by atomic mass is 10.0. The molecule has 1 fully saturated rings. The third kappa shape index (κ3) is 4.99. The Balaban J connectivity index is 0.00000196. The molecule has 0 atom stereocenters. The molecule has 0 aromatic carbocycles. The number of hydrogen-bond donors (Lipinski definition) is 2. The van der Waals surface area contributed by atoms with E-state index in [1.807, 2.05) is 0 Å². The van der Waals surface area contributed by atoms with Crippen molar-refractivity contribution in [2.24, 2.45) is 5.92 Å². The van der Waals surface area contributed by atoms with Gasteiger partial charge in [-0.3, -0.25) is 9.59 Å². The maximum atomic E-state index is 11.3. The molecule has 15 heavy (non-hydrogen) atoms. The first-order valence-corrected chi connectivity index (χ1v) is 4.88. The molecule has 88 valence electrons. The molecule has 1 heterocycles. The minimum absolute atomic E-state index is 0. The van der Waals surface area contributed by atoms with Crippen molar-refractivity contribution in [3.63, 3.8) is 0 Å². The first kappa shape index (κ1) is 14.2. The van der Waals surface area contributed by atoms with Crippen LogP contribution in [-0.4, -0.2) is 38.1 Å². The highest BCUT2D eigenvalue weighted by atomic mass is 35.5. The summed E-state index contributed by atoms with van der Waals surface area (Å²) in [7, 11) is 0. The molecule has 0 aromatic rings. The predicted octanol–water partition coefficient (Wildman–Crippen LogP) is -0.303. The first-order chi connectivity index (χ1) is 6.74. The molecule has 0 aliphatic carbocycles. The number of hydrogen-bond acceptors (Lipinski definition) is 4. The van der Waals surface area contributed by atoms with Gasteiger partial charge >= 0.3 is 5.97 Å². The summed E-state index contributed by atoms with van der Waals surface area (Å²) in [5.74, 6) is -0.162. The second-order valence-electron chi connectivity index (χ2n) is 3.20. The normalized spacial score (nSPS) is 14.7. The number of nitrogens with one attached hydrogen (secondary N) is 2. The maximum Gasteiger partial charge on any atom is 0.307 e. The van der Waals surface area contributed by atoms with Crippen molar-refractivity contribution in [2.45, 2.75) is 13.3 Å². The second-order valence-corrected chi connectivity index (χ2v) is 3.20. The Morgan fingerprint density at radius 1 is 1.47 bits per heavy atom. The fraction of sp³-hybridized carbons (Fsp3) is 0.778. The van der Waals surface area contributed by atoms with Crippen molar-refractivity contribution in [2.75, 3.05) is 26.2 Å². The zero-order chi connectivity index (χ0) is 10.4. The van der Waals surface area contributed by atoms with Gasteiger partial charge in [0.15, 0.2) is 0 Å². The van der Waals surface area contributed by atoms with E-state index in [-0.39, 0.29) is 36.6 Å². The van der Waals surface area contributed by atoms with E-state index in [4.69, 9.17) is 4.74 Å². The summed E-state index contributed by atoms with van der Waals surface area (Å²) in [4.78, 5) is 22.2. The molecule has 0 spiro atoms. The average molecular weight is 237 g/mol. The van der Waals surface area contributed by atoms with Gasteiger partial charge in [0, 0.05) is 19.6 Å². The predicted molar refractivity (Wildman–Crippen MR) is 57.9 cm³/mol.